The van der Waals surface area contributed by atoms with Crippen molar-refractivity contribution < 1.29 is 0 Å². The molecule has 18 heavy (non-hydrogen) atoms. The molecule has 3 nitrogen and oxygen atoms in total. The number of aromatic nitrogens is 1. The van der Waals surface area contributed by atoms with Crippen LogP contribution in [-0.2, 0) is 7.05 Å². The third kappa shape index (κ3) is 1.93. The topological polar surface area (TPSA) is 20.2 Å². The monoisotopic (exact) mass is 243 g/mol. The van der Waals surface area contributed by atoms with E-state index in [-0.39, 0.29) is 0 Å². The number of para-hydroxylation sites is 1. The maximum absolute atomic E-state index is 3.48. The van der Waals surface area contributed by atoms with Crippen molar-refractivity contribution >= 4 is 10.9 Å². The lowest BCUT2D eigenvalue weighted by atomic mass is 10.1. The molecule has 0 saturated carbocycles. The van der Waals surface area contributed by atoms with Crippen molar-refractivity contribution in [2.24, 2.45) is 7.05 Å². The van der Waals surface area contributed by atoms with Gasteiger partial charge in [0.15, 0.2) is 0 Å². The van der Waals surface area contributed by atoms with Crippen LogP contribution < -0.4 is 5.32 Å². The molecule has 2 heterocycles. The van der Waals surface area contributed by atoms with Crippen molar-refractivity contribution in [3.63, 3.8) is 0 Å². The minimum absolute atomic E-state index is 0.525. The van der Waals surface area contributed by atoms with Crippen LogP contribution in [0.5, 0.6) is 0 Å². The number of fused-ring (bicyclic) bond motifs is 1. The second-order valence-corrected chi connectivity index (χ2v) is 5.22. The summed E-state index contributed by atoms with van der Waals surface area (Å²) < 4.78 is 2.35. The van der Waals surface area contributed by atoms with Crippen molar-refractivity contribution in [1.82, 2.24) is 14.8 Å². The number of aryl methyl sites for hydroxylation is 1. The highest BCUT2D eigenvalue weighted by atomic mass is 15.2. The van der Waals surface area contributed by atoms with E-state index in [1.54, 1.807) is 0 Å². The smallest absolute Gasteiger partial charge is 0.0510 e. The Labute approximate surface area is 108 Å². The Morgan fingerprint density at radius 1 is 1.17 bits per heavy atom. The highest BCUT2D eigenvalue weighted by molar-refractivity contribution is 5.81. The summed E-state index contributed by atoms with van der Waals surface area (Å²) in [4.78, 5) is 2.47. The van der Waals surface area contributed by atoms with Crippen LogP contribution in [0, 0.1) is 0 Å². The molecule has 0 radical (unpaired) electrons. The van der Waals surface area contributed by atoms with Gasteiger partial charge < -0.3 is 9.88 Å². The maximum atomic E-state index is 3.48. The first-order valence-electron chi connectivity index (χ1n) is 6.72. The molecule has 1 saturated heterocycles. The predicted molar refractivity (Wildman–Crippen MR) is 75.8 cm³/mol. The van der Waals surface area contributed by atoms with Gasteiger partial charge in [0.05, 0.1) is 6.04 Å². The fraction of sp³-hybridized carbons (Fsp3) is 0.467. The molecular formula is C15H21N3. The average molecular weight is 243 g/mol. The fourth-order valence-corrected chi connectivity index (χ4v) is 3.00. The van der Waals surface area contributed by atoms with Gasteiger partial charge in [0.25, 0.3) is 0 Å². The lowest BCUT2D eigenvalue weighted by molar-refractivity contribution is 0.250. The predicted octanol–water partition coefficient (Wildman–Crippen LogP) is 2.14. The van der Waals surface area contributed by atoms with Crippen LogP contribution in [0.15, 0.2) is 30.3 Å². The molecule has 1 aliphatic heterocycles. The number of benzene rings is 1. The van der Waals surface area contributed by atoms with Gasteiger partial charge in [0.2, 0.25) is 0 Å². The summed E-state index contributed by atoms with van der Waals surface area (Å²) in [7, 11) is 4.42. The largest absolute Gasteiger partial charge is 0.346 e. The Hall–Kier alpha value is -1.32. The number of hydrogen-bond donors (Lipinski definition) is 1. The molecule has 1 N–H and O–H groups in total. The number of hydrogen-bond acceptors (Lipinski definition) is 2. The summed E-state index contributed by atoms with van der Waals surface area (Å²) in [6, 6.07) is 11.5. The number of nitrogens with one attached hydrogen (secondary N) is 1. The number of nitrogens with zero attached hydrogens (tertiary/aromatic N) is 2. The maximum Gasteiger partial charge on any atom is 0.0510 e. The molecule has 1 unspecified atom stereocenters. The van der Waals surface area contributed by atoms with Crippen LogP contribution in [0.3, 0.4) is 0 Å². The summed E-state index contributed by atoms with van der Waals surface area (Å²) in [5.74, 6) is 0. The van der Waals surface area contributed by atoms with Gasteiger partial charge in [-0.2, -0.15) is 0 Å². The van der Waals surface area contributed by atoms with Gasteiger partial charge in [-0.25, -0.2) is 0 Å². The van der Waals surface area contributed by atoms with Gasteiger partial charge in [-0.15, -0.1) is 0 Å². The van der Waals surface area contributed by atoms with E-state index in [0.29, 0.717) is 6.04 Å². The van der Waals surface area contributed by atoms with Gasteiger partial charge >= 0.3 is 0 Å². The Morgan fingerprint density at radius 2 is 2.00 bits per heavy atom. The molecule has 3 heteroatoms. The van der Waals surface area contributed by atoms with Crippen molar-refractivity contribution in [2.45, 2.75) is 12.5 Å². The minimum Gasteiger partial charge on any atom is -0.346 e. The standard InChI is InChI=1S/C15H21N3/c1-17-10-9-16-8-7-14(17)15-11-12-5-3-4-6-13(12)18(15)2/h3-6,11,14,16H,7-10H2,1-2H3. The van der Waals surface area contributed by atoms with Gasteiger partial charge in [-0.1, -0.05) is 18.2 Å². The lowest BCUT2D eigenvalue weighted by Gasteiger charge is -2.26. The van der Waals surface area contributed by atoms with E-state index >= 15 is 0 Å². The Bertz CT molecular complexity index is 544. The van der Waals surface area contributed by atoms with Crippen LogP contribution in [0.1, 0.15) is 18.2 Å². The second-order valence-electron chi connectivity index (χ2n) is 5.22. The summed E-state index contributed by atoms with van der Waals surface area (Å²) in [6.45, 7) is 3.32. The molecule has 2 aromatic rings. The van der Waals surface area contributed by atoms with Crippen LogP contribution in [0.2, 0.25) is 0 Å². The first-order chi connectivity index (χ1) is 8.77. The first kappa shape index (κ1) is 11.8. The lowest BCUT2D eigenvalue weighted by Crippen LogP contribution is -2.27. The zero-order valence-corrected chi connectivity index (χ0v) is 11.2. The Balaban J connectivity index is 2.04. The summed E-state index contributed by atoms with van der Waals surface area (Å²) in [5, 5.41) is 4.83. The van der Waals surface area contributed by atoms with Crippen LogP contribution >= 0.6 is 0 Å². The van der Waals surface area contributed by atoms with E-state index in [1.165, 1.54) is 23.0 Å². The molecule has 0 aliphatic carbocycles. The molecule has 0 amide bonds. The van der Waals surface area contributed by atoms with Gasteiger partial charge in [-0.3, -0.25) is 4.90 Å². The van der Waals surface area contributed by atoms with E-state index in [0.717, 1.165) is 19.6 Å². The van der Waals surface area contributed by atoms with E-state index in [4.69, 9.17) is 0 Å². The third-order valence-corrected chi connectivity index (χ3v) is 4.10. The zero-order chi connectivity index (χ0) is 12.5. The van der Waals surface area contributed by atoms with Crippen LogP contribution in [-0.4, -0.2) is 36.1 Å². The summed E-state index contributed by atoms with van der Waals surface area (Å²) in [5.41, 5.74) is 2.76. The fourth-order valence-electron chi connectivity index (χ4n) is 3.00. The molecule has 3 rings (SSSR count). The van der Waals surface area contributed by atoms with Gasteiger partial charge in [0.1, 0.15) is 0 Å². The normalized spacial score (nSPS) is 22.2. The zero-order valence-electron chi connectivity index (χ0n) is 11.2. The van der Waals surface area contributed by atoms with Crippen molar-refractivity contribution in [3.05, 3.63) is 36.0 Å². The van der Waals surface area contributed by atoms with Gasteiger partial charge in [-0.05, 0) is 37.5 Å². The number of likely N-dealkylation sites (N-methyl/N-ethyl adjacent to an activating group) is 1. The highest BCUT2D eigenvalue weighted by Crippen LogP contribution is 2.28. The van der Waals surface area contributed by atoms with Crippen molar-refractivity contribution in [3.8, 4) is 0 Å². The highest BCUT2D eigenvalue weighted by Gasteiger charge is 2.22. The molecule has 0 spiro atoms. The third-order valence-electron chi connectivity index (χ3n) is 4.10. The molecule has 96 valence electrons. The first-order valence-corrected chi connectivity index (χ1v) is 6.72. The van der Waals surface area contributed by atoms with Crippen molar-refractivity contribution in [1.29, 1.82) is 0 Å². The van der Waals surface area contributed by atoms with E-state index in [2.05, 4.69) is 59.2 Å². The van der Waals surface area contributed by atoms with Crippen molar-refractivity contribution in [2.75, 3.05) is 26.7 Å². The SMILES string of the molecule is CN1CCNCCC1c1cc2ccccc2n1C. The Morgan fingerprint density at radius 3 is 2.83 bits per heavy atom. The quantitative estimate of drug-likeness (QED) is 0.828. The molecule has 1 aliphatic rings. The Kier molecular flexibility index (Phi) is 3.10. The molecule has 1 atom stereocenters. The van der Waals surface area contributed by atoms with E-state index < -0.39 is 0 Å². The number of rotatable bonds is 1. The summed E-state index contributed by atoms with van der Waals surface area (Å²) >= 11 is 0. The summed E-state index contributed by atoms with van der Waals surface area (Å²) in [6.07, 6.45) is 1.18. The van der Waals surface area contributed by atoms with E-state index in [1.807, 2.05) is 0 Å². The minimum atomic E-state index is 0.525. The molecule has 1 fully saturated rings. The molecule has 0 bridgehead atoms. The van der Waals surface area contributed by atoms with Crippen LogP contribution in [0.4, 0.5) is 0 Å². The average Bonchev–Trinajstić information content (AvgIpc) is 2.57. The second kappa shape index (κ2) is 4.75. The molecule has 1 aromatic heterocycles. The molecule has 1 aromatic carbocycles. The van der Waals surface area contributed by atoms with Gasteiger partial charge in [0, 0.05) is 31.3 Å². The molecular weight excluding hydrogens is 222 g/mol. The van der Waals surface area contributed by atoms with Crippen LogP contribution in [0.25, 0.3) is 10.9 Å². The van der Waals surface area contributed by atoms with E-state index in [9.17, 15) is 0 Å².